The van der Waals surface area contributed by atoms with E-state index in [2.05, 4.69) is 29.6 Å². The molecule has 3 nitrogen and oxygen atoms in total. The molecule has 3 heteroatoms. The quantitative estimate of drug-likeness (QED) is 0.860. The maximum absolute atomic E-state index is 6.37. The summed E-state index contributed by atoms with van der Waals surface area (Å²) in [6.45, 7) is 0.770. The minimum atomic E-state index is 0.362. The Balaban J connectivity index is 1.91. The fourth-order valence-electron chi connectivity index (χ4n) is 3.10. The van der Waals surface area contributed by atoms with E-state index in [1.54, 1.807) is 0 Å². The number of pyridine rings is 1. The Morgan fingerprint density at radius 1 is 1.14 bits per heavy atom. The number of benzene rings is 1. The van der Waals surface area contributed by atoms with E-state index in [9.17, 15) is 0 Å². The third-order valence-electron chi connectivity index (χ3n) is 4.19. The summed E-state index contributed by atoms with van der Waals surface area (Å²) < 4.78 is 6.37. The van der Waals surface area contributed by atoms with Crippen molar-refractivity contribution in [3.05, 3.63) is 36.0 Å². The molecule has 0 atom stereocenters. The molecule has 1 N–H and O–H groups in total. The van der Waals surface area contributed by atoms with Gasteiger partial charge in [-0.25, -0.2) is 0 Å². The largest absolute Gasteiger partial charge is 0.490 e. The molecule has 0 radical (unpaired) electrons. The van der Waals surface area contributed by atoms with Crippen LogP contribution in [0.4, 0.5) is 0 Å². The minimum absolute atomic E-state index is 0.362. The monoisotopic (exact) mass is 284 g/mol. The van der Waals surface area contributed by atoms with Gasteiger partial charge in [0.1, 0.15) is 5.75 Å². The highest BCUT2D eigenvalue weighted by Crippen LogP contribution is 2.29. The molecule has 1 aromatic heterocycles. The lowest BCUT2D eigenvalue weighted by Gasteiger charge is -2.19. The molecule has 1 saturated carbocycles. The summed E-state index contributed by atoms with van der Waals surface area (Å²) in [5, 5.41) is 4.30. The van der Waals surface area contributed by atoms with Crippen molar-refractivity contribution in [2.75, 3.05) is 7.05 Å². The molecule has 2 aromatic rings. The number of nitrogens with one attached hydrogen (secondary N) is 1. The molecule has 1 aliphatic rings. The third-order valence-corrected chi connectivity index (χ3v) is 4.19. The molecule has 1 aliphatic carbocycles. The summed E-state index contributed by atoms with van der Waals surface area (Å²) >= 11 is 0. The van der Waals surface area contributed by atoms with Gasteiger partial charge in [-0.3, -0.25) is 4.98 Å². The summed E-state index contributed by atoms with van der Waals surface area (Å²) in [7, 11) is 1.95. The summed E-state index contributed by atoms with van der Waals surface area (Å²) in [6.07, 6.45) is 7.99. The van der Waals surface area contributed by atoms with Gasteiger partial charge in [-0.15, -0.1) is 0 Å². The zero-order valence-electron chi connectivity index (χ0n) is 12.8. The summed E-state index contributed by atoms with van der Waals surface area (Å²) in [6, 6.07) is 10.4. The molecular formula is C18H24N2O. The van der Waals surface area contributed by atoms with Gasteiger partial charge in [0.15, 0.2) is 0 Å². The van der Waals surface area contributed by atoms with Crippen LogP contribution in [0.3, 0.4) is 0 Å². The van der Waals surface area contributed by atoms with E-state index in [0.717, 1.165) is 28.9 Å². The number of para-hydroxylation sites is 1. The second-order valence-corrected chi connectivity index (χ2v) is 5.89. The molecule has 21 heavy (non-hydrogen) atoms. The fourth-order valence-corrected chi connectivity index (χ4v) is 3.10. The normalized spacial score (nSPS) is 16.8. The van der Waals surface area contributed by atoms with E-state index in [-0.39, 0.29) is 0 Å². The predicted octanol–water partition coefficient (Wildman–Crippen LogP) is 4.06. The van der Waals surface area contributed by atoms with Crippen LogP contribution in [0.1, 0.15) is 44.2 Å². The molecule has 0 saturated heterocycles. The minimum Gasteiger partial charge on any atom is -0.490 e. The zero-order valence-corrected chi connectivity index (χ0v) is 12.8. The van der Waals surface area contributed by atoms with Crippen molar-refractivity contribution < 1.29 is 4.74 Å². The Bertz CT molecular complexity index is 589. The number of fused-ring (bicyclic) bond motifs is 1. The molecule has 3 rings (SSSR count). The number of aromatic nitrogens is 1. The van der Waals surface area contributed by atoms with E-state index in [1.165, 1.54) is 38.5 Å². The molecule has 112 valence electrons. The van der Waals surface area contributed by atoms with Gasteiger partial charge in [0.2, 0.25) is 0 Å². The van der Waals surface area contributed by atoms with Gasteiger partial charge in [-0.05, 0) is 44.9 Å². The van der Waals surface area contributed by atoms with Crippen LogP contribution < -0.4 is 10.1 Å². The Hall–Kier alpha value is -1.61. The molecule has 0 bridgehead atoms. The Kier molecular flexibility index (Phi) is 4.71. The van der Waals surface area contributed by atoms with Crippen LogP contribution in [0.2, 0.25) is 0 Å². The van der Waals surface area contributed by atoms with Gasteiger partial charge >= 0.3 is 0 Å². The van der Waals surface area contributed by atoms with Crippen LogP contribution >= 0.6 is 0 Å². The molecule has 0 unspecified atom stereocenters. The lowest BCUT2D eigenvalue weighted by Crippen LogP contribution is -2.16. The van der Waals surface area contributed by atoms with E-state index < -0.39 is 0 Å². The van der Waals surface area contributed by atoms with Crippen LogP contribution in [0.15, 0.2) is 30.3 Å². The first-order valence-electron chi connectivity index (χ1n) is 8.07. The molecule has 1 aromatic carbocycles. The maximum Gasteiger partial charge on any atom is 0.130 e. The van der Waals surface area contributed by atoms with E-state index >= 15 is 0 Å². The molecular weight excluding hydrogens is 260 g/mol. The Morgan fingerprint density at radius 2 is 1.90 bits per heavy atom. The van der Waals surface area contributed by atoms with Crippen LogP contribution in [-0.4, -0.2) is 18.1 Å². The van der Waals surface area contributed by atoms with Crippen LogP contribution in [0.5, 0.6) is 5.75 Å². The Morgan fingerprint density at radius 3 is 2.67 bits per heavy atom. The second kappa shape index (κ2) is 6.90. The standard InChI is InChI=1S/C18H24N2O/c1-19-13-14-12-18(16-10-6-7-11-17(16)20-14)21-15-8-4-2-3-5-9-15/h6-7,10-12,15,19H,2-5,8-9,13H2,1H3. The van der Waals surface area contributed by atoms with Crippen molar-refractivity contribution in [1.29, 1.82) is 0 Å². The van der Waals surface area contributed by atoms with Crippen molar-refractivity contribution in [3.8, 4) is 5.75 Å². The van der Waals surface area contributed by atoms with Crippen molar-refractivity contribution in [2.24, 2.45) is 0 Å². The van der Waals surface area contributed by atoms with E-state index in [0.29, 0.717) is 6.10 Å². The molecule has 0 amide bonds. The van der Waals surface area contributed by atoms with Gasteiger partial charge < -0.3 is 10.1 Å². The first-order chi connectivity index (χ1) is 10.4. The summed E-state index contributed by atoms with van der Waals surface area (Å²) in [5.41, 5.74) is 2.06. The number of rotatable bonds is 4. The smallest absolute Gasteiger partial charge is 0.130 e. The van der Waals surface area contributed by atoms with Crippen molar-refractivity contribution >= 4 is 10.9 Å². The van der Waals surface area contributed by atoms with Gasteiger partial charge in [0, 0.05) is 18.0 Å². The maximum atomic E-state index is 6.37. The first kappa shape index (κ1) is 14.3. The van der Waals surface area contributed by atoms with E-state index in [4.69, 9.17) is 9.72 Å². The highest BCUT2D eigenvalue weighted by atomic mass is 16.5. The van der Waals surface area contributed by atoms with Crippen LogP contribution in [0, 0.1) is 0 Å². The SMILES string of the molecule is CNCc1cc(OC2CCCCCC2)c2ccccc2n1. The van der Waals surface area contributed by atoms with Crippen molar-refractivity contribution in [1.82, 2.24) is 10.3 Å². The van der Waals surface area contributed by atoms with Gasteiger partial charge in [0.25, 0.3) is 0 Å². The Labute approximate surface area is 126 Å². The summed E-state index contributed by atoms with van der Waals surface area (Å²) in [4.78, 5) is 4.69. The average molecular weight is 284 g/mol. The van der Waals surface area contributed by atoms with Gasteiger partial charge in [-0.1, -0.05) is 25.0 Å². The lowest BCUT2D eigenvalue weighted by molar-refractivity contribution is 0.186. The lowest BCUT2D eigenvalue weighted by atomic mass is 10.1. The molecule has 0 aliphatic heterocycles. The average Bonchev–Trinajstić information content (AvgIpc) is 2.76. The van der Waals surface area contributed by atoms with E-state index in [1.807, 2.05) is 13.1 Å². The zero-order chi connectivity index (χ0) is 14.5. The topological polar surface area (TPSA) is 34.1 Å². The number of hydrogen-bond acceptors (Lipinski definition) is 3. The van der Waals surface area contributed by atoms with Gasteiger partial charge in [0.05, 0.1) is 17.3 Å². The third kappa shape index (κ3) is 3.53. The summed E-state index contributed by atoms with van der Waals surface area (Å²) in [5.74, 6) is 0.998. The fraction of sp³-hybridized carbons (Fsp3) is 0.500. The second-order valence-electron chi connectivity index (χ2n) is 5.89. The first-order valence-corrected chi connectivity index (χ1v) is 8.07. The number of ether oxygens (including phenoxy) is 1. The highest BCUT2D eigenvalue weighted by Gasteiger charge is 2.16. The van der Waals surface area contributed by atoms with Gasteiger partial charge in [-0.2, -0.15) is 0 Å². The van der Waals surface area contributed by atoms with Crippen LogP contribution in [-0.2, 0) is 6.54 Å². The van der Waals surface area contributed by atoms with Crippen molar-refractivity contribution in [2.45, 2.75) is 51.2 Å². The van der Waals surface area contributed by atoms with Crippen molar-refractivity contribution in [3.63, 3.8) is 0 Å². The number of hydrogen-bond donors (Lipinski definition) is 1. The van der Waals surface area contributed by atoms with Crippen LogP contribution in [0.25, 0.3) is 10.9 Å². The molecule has 0 spiro atoms. The molecule has 1 fully saturated rings. The highest BCUT2D eigenvalue weighted by molar-refractivity contribution is 5.85. The predicted molar refractivity (Wildman–Crippen MR) is 86.6 cm³/mol. The number of nitrogens with zero attached hydrogens (tertiary/aromatic N) is 1. The molecule has 1 heterocycles.